The predicted octanol–water partition coefficient (Wildman–Crippen LogP) is 3.28. The zero-order valence-corrected chi connectivity index (χ0v) is 12.7. The van der Waals surface area contributed by atoms with Gasteiger partial charge in [0.25, 0.3) is 9.05 Å². The Morgan fingerprint density at radius 1 is 1.56 bits per heavy atom. The average molecular weight is 292 g/mol. The summed E-state index contributed by atoms with van der Waals surface area (Å²) in [6.07, 6.45) is 5.74. The van der Waals surface area contributed by atoms with Gasteiger partial charge in [-0.05, 0) is 51.3 Å². The molecular weight excluding hydrogens is 270 g/mol. The Balaban J connectivity index is 2.69. The van der Waals surface area contributed by atoms with Crippen LogP contribution in [0.25, 0.3) is 0 Å². The Bertz CT molecular complexity index is 428. The fourth-order valence-corrected chi connectivity index (χ4v) is 3.33. The van der Waals surface area contributed by atoms with Gasteiger partial charge in [0.2, 0.25) is 0 Å². The maximum atomic E-state index is 11.3. The van der Waals surface area contributed by atoms with E-state index in [2.05, 4.69) is 18.4 Å². The van der Waals surface area contributed by atoms with E-state index in [9.17, 15) is 8.42 Å². The molecule has 1 fully saturated rings. The van der Waals surface area contributed by atoms with Crippen molar-refractivity contribution in [3.63, 3.8) is 0 Å². The van der Waals surface area contributed by atoms with E-state index in [0.29, 0.717) is 6.04 Å². The molecule has 1 rings (SSSR count). The molecule has 18 heavy (non-hydrogen) atoms. The maximum Gasteiger partial charge on any atom is 0.257 e. The largest absolute Gasteiger partial charge is 0.301 e. The summed E-state index contributed by atoms with van der Waals surface area (Å²) in [4.78, 5) is 2.69. The van der Waals surface area contributed by atoms with Gasteiger partial charge in [0.1, 0.15) is 0 Å². The van der Waals surface area contributed by atoms with Gasteiger partial charge < -0.3 is 4.90 Å². The van der Waals surface area contributed by atoms with Crippen LogP contribution in [0.15, 0.2) is 23.1 Å². The van der Waals surface area contributed by atoms with Gasteiger partial charge in [-0.3, -0.25) is 0 Å². The third kappa shape index (κ3) is 4.11. The van der Waals surface area contributed by atoms with Crippen LogP contribution in [0.4, 0.5) is 0 Å². The second-order valence-electron chi connectivity index (χ2n) is 4.69. The van der Waals surface area contributed by atoms with Crippen molar-refractivity contribution in [2.24, 2.45) is 0 Å². The lowest BCUT2D eigenvalue weighted by atomic mass is 10.0. The number of hydrogen-bond acceptors (Lipinski definition) is 3. The molecule has 5 heteroatoms. The molecule has 0 aromatic heterocycles. The highest BCUT2D eigenvalue weighted by Crippen LogP contribution is 2.26. The van der Waals surface area contributed by atoms with Crippen molar-refractivity contribution < 1.29 is 8.42 Å². The molecule has 1 aliphatic heterocycles. The summed E-state index contributed by atoms with van der Waals surface area (Å²) in [5.41, 5.74) is 0.743. The van der Waals surface area contributed by atoms with Crippen LogP contribution in [0.3, 0.4) is 0 Å². The standard InChI is InChI=1S/C13H22ClNO2S/c1-4-12(11(3)18(14,16)17)8-9-13-7-6-10-15(13)5-2/h4,13H,1,5-10H2,2-3H3/b12-11-/t13-/m0/s1. The summed E-state index contributed by atoms with van der Waals surface area (Å²) in [6.45, 7) is 9.61. The lowest BCUT2D eigenvalue weighted by Gasteiger charge is -2.22. The van der Waals surface area contributed by atoms with Gasteiger partial charge in [-0.1, -0.05) is 19.6 Å². The van der Waals surface area contributed by atoms with Crippen LogP contribution in [-0.2, 0) is 9.05 Å². The minimum absolute atomic E-state index is 0.236. The molecule has 0 aliphatic carbocycles. The molecule has 1 aliphatic rings. The van der Waals surface area contributed by atoms with Gasteiger partial charge in [-0.25, -0.2) is 8.42 Å². The fraction of sp³-hybridized carbons (Fsp3) is 0.692. The summed E-state index contributed by atoms with van der Waals surface area (Å²) in [5.74, 6) is 0. The summed E-state index contributed by atoms with van der Waals surface area (Å²) in [6, 6.07) is 0.566. The molecule has 3 nitrogen and oxygen atoms in total. The number of nitrogens with zero attached hydrogens (tertiary/aromatic N) is 1. The summed E-state index contributed by atoms with van der Waals surface area (Å²) >= 11 is 0. The molecule has 0 saturated carbocycles. The van der Waals surface area contributed by atoms with E-state index in [4.69, 9.17) is 10.7 Å². The van der Waals surface area contributed by atoms with Crippen molar-refractivity contribution in [2.75, 3.05) is 13.1 Å². The smallest absolute Gasteiger partial charge is 0.257 e. The molecule has 0 spiro atoms. The van der Waals surface area contributed by atoms with E-state index in [1.165, 1.54) is 12.8 Å². The van der Waals surface area contributed by atoms with Crippen molar-refractivity contribution in [3.05, 3.63) is 23.1 Å². The first-order valence-corrected chi connectivity index (χ1v) is 8.72. The van der Waals surface area contributed by atoms with E-state index in [-0.39, 0.29) is 4.91 Å². The molecule has 0 unspecified atom stereocenters. The number of rotatable bonds is 6. The monoisotopic (exact) mass is 291 g/mol. The van der Waals surface area contributed by atoms with Crippen LogP contribution in [0.2, 0.25) is 0 Å². The molecule has 1 atom stereocenters. The normalized spacial score (nSPS) is 22.9. The molecule has 1 saturated heterocycles. The SMILES string of the molecule is C=C/C(CC[C@@H]1CCCN1CC)=C(\C)S(=O)(=O)Cl. The Morgan fingerprint density at radius 2 is 2.22 bits per heavy atom. The lowest BCUT2D eigenvalue weighted by molar-refractivity contribution is 0.256. The third-order valence-electron chi connectivity index (χ3n) is 3.72. The van der Waals surface area contributed by atoms with Gasteiger partial charge in [-0.15, -0.1) is 0 Å². The van der Waals surface area contributed by atoms with Crippen LogP contribution in [0.5, 0.6) is 0 Å². The van der Waals surface area contributed by atoms with Gasteiger partial charge in [0, 0.05) is 16.7 Å². The van der Waals surface area contributed by atoms with Gasteiger partial charge in [0.05, 0.1) is 4.91 Å². The quantitative estimate of drug-likeness (QED) is 0.557. The van der Waals surface area contributed by atoms with E-state index in [1.54, 1.807) is 13.0 Å². The number of likely N-dealkylation sites (tertiary alicyclic amines) is 1. The Morgan fingerprint density at radius 3 is 2.72 bits per heavy atom. The van der Waals surface area contributed by atoms with Gasteiger partial charge in [-0.2, -0.15) is 0 Å². The maximum absolute atomic E-state index is 11.3. The predicted molar refractivity (Wildman–Crippen MR) is 77.2 cm³/mol. The first-order chi connectivity index (χ1) is 8.40. The van der Waals surface area contributed by atoms with Crippen LogP contribution in [0.1, 0.15) is 39.5 Å². The van der Waals surface area contributed by atoms with Crippen LogP contribution < -0.4 is 0 Å². The Hall–Kier alpha value is -0.320. The lowest BCUT2D eigenvalue weighted by Crippen LogP contribution is -2.29. The van der Waals surface area contributed by atoms with Crippen molar-refractivity contribution in [2.45, 2.75) is 45.6 Å². The highest BCUT2D eigenvalue weighted by atomic mass is 35.7. The molecule has 104 valence electrons. The Labute approximate surface area is 115 Å². The molecule has 0 aromatic rings. The highest BCUT2D eigenvalue weighted by molar-refractivity contribution is 8.16. The first-order valence-electron chi connectivity index (χ1n) is 6.41. The third-order valence-corrected chi connectivity index (χ3v) is 5.40. The minimum atomic E-state index is -3.61. The number of allylic oxidation sites excluding steroid dienone is 3. The van der Waals surface area contributed by atoms with Crippen molar-refractivity contribution in [3.8, 4) is 0 Å². The molecule has 0 bridgehead atoms. The number of halogens is 1. The van der Waals surface area contributed by atoms with Gasteiger partial charge in [0.15, 0.2) is 0 Å². The van der Waals surface area contributed by atoms with E-state index in [1.807, 2.05) is 0 Å². The summed E-state index contributed by atoms with van der Waals surface area (Å²) < 4.78 is 22.6. The van der Waals surface area contributed by atoms with Gasteiger partial charge >= 0.3 is 0 Å². The van der Waals surface area contributed by atoms with E-state index in [0.717, 1.165) is 31.5 Å². The molecule has 0 aromatic carbocycles. The van der Waals surface area contributed by atoms with E-state index < -0.39 is 9.05 Å². The number of hydrogen-bond donors (Lipinski definition) is 0. The van der Waals surface area contributed by atoms with Crippen LogP contribution >= 0.6 is 10.7 Å². The molecular formula is C13H22ClNO2S. The minimum Gasteiger partial charge on any atom is -0.301 e. The summed E-state index contributed by atoms with van der Waals surface area (Å²) in [7, 11) is 1.75. The van der Waals surface area contributed by atoms with Crippen molar-refractivity contribution in [1.82, 2.24) is 4.90 Å². The van der Waals surface area contributed by atoms with E-state index >= 15 is 0 Å². The second-order valence-corrected chi connectivity index (χ2v) is 7.39. The second kappa shape index (κ2) is 6.73. The summed E-state index contributed by atoms with van der Waals surface area (Å²) in [5, 5.41) is 0. The molecule has 0 amide bonds. The molecule has 0 N–H and O–H groups in total. The van der Waals surface area contributed by atoms with Crippen molar-refractivity contribution in [1.29, 1.82) is 0 Å². The topological polar surface area (TPSA) is 37.4 Å². The zero-order valence-electron chi connectivity index (χ0n) is 11.2. The van der Waals surface area contributed by atoms with Crippen molar-refractivity contribution >= 4 is 19.7 Å². The first kappa shape index (κ1) is 15.7. The average Bonchev–Trinajstić information content (AvgIpc) is 2.75. The highest BCUT2D eigenvalue weighted by Gasteiger charge is 2.23. The zero-order chi connectivity index (χ0) is 13.8. The molecule has 0 radical (unpaired) electrons. The Kier molecular flexibility index (Phi) is 5.89. The van der Waals surface area contributed by atoms with Crippen LogP contribution in [-0.4, -0.2) is 32.4 Å². The fourth-order valence-electron chi connectivity index (χ4n) is 2.54. The van der Waals surface area contributed by atoms with Crippen LogP contribution in [0, 0.1) is 0 Å². The molecule has 1 heterocycles.